The maximum absolute atomic E-state index is 12.3. The van der Waals surface area contributed by atoms with E-state index in [0.717, 1.165) is 5.56 Å². The SMILES string of the molecule is CC1(C)C(NC(=O)[C@@H](CO)NC(=O)[C@@H](N)CC(=O)O)C(C)(C)S1(=O)=O.Cc1ccc(S(=O)(=O)O)cc1. The zero-order valence-corrected chi connectivity index (χ0v) is 22.2. The van der Waals surface area contributed by atoms with Crippen molar-refractivity contribution in [2.45, 2.75) is 73.6 Å². The molecule has 0 aromatic heterocycles. The Morgan fingerprint density at radius 1 is 1.06 bits per heavy atom. The lowest BCUT2D eigenvalue weighted by molar-refractivity contribution is -0.139. The number of carbonyl (C=O) groups excluding carboxylic acids is 2. The van der Waals surface area contributed by atoms with Crippen LogP contribution in [0.15, 0.2) is 29.2 Å². The Balaban J connectivity index is 0.000000488. The van der Waals surface area contributed by atoms with E-state index in [-0.39, 0.29) is 4.90 Å². The van der Waals surface area contributed by atoms with Gasteiger partial charge in [0.05, 0.1) is 39.5 Å². The van der Waals surface area contributed by atoms with Crippen LogP contribution in [-0.4, -0.2) is 83.6 Å². The lowest BCUT2D eigenvalue weighted by Gasteiger charge is -2.56. The Morgan fingerprint density at radius 3 is 1.92 bits per heavy atom. The standard InChI is InChI=1S/C14H25N3O7S.C7H8O3S/c1-13(2)12(14(3,4)25(13,23)24)17-11(22)8(6-18)16-10(21)7(15)5-9(19)20;1-6-2-4-7(5-3-6)11(8,9)10/h7-8,12,18H,5-6,15H2,1-4H3,(H,16,21)(H,17,22)(H,19,20);2-5H,1H3,(H,8,9,10)/t7-,8+;/m0./s1. The van der Waals surface area contributed by atoms with Gasteiger partial charge in [-0.2, -0.15) is 8.42 Å². The van der Waals surface area contributed by atoms with E-state index < -0.39 is 78.4 Å². The van der Waals surface area contributed by atoms with Gasteiger partial charge in [-0.15, -0.1) is 0 Å². The minimum absolute atomic E-state index is 0.0666. The van der Waals surface area contributed by atoms with Crippen molar-refractivity contribution in [1.82, 2.24) is 10.6 Å². The number of rotatable bonds is 8. The molecule has 0 aliphatic carbocycles. The third-order valence-electron chi connectivity index (χ3n) is 5.93. The van der Waals surface area contributed by atoms with Crippen LogP contribution in [0.25, 0.3) is 0 Å². The molecule has 1 aliphatic heterocycles. The van der Waals surface area contributed by atoms with Gasteiger partial charge in [-0.3, -0.25) is 18.9 Å². The van der Waals surface area contributed by atoms with Gasteiger partial charge in [0.15, 0.2) is 9.84 Å². The fourth-order valence-electron chi connectivity index (χ4n) is 3.82. The number of aliphatic carboxylic acids is 1. The fraction of sp³-hybridized carbons (Fsp3) is 0.571. The molecule has 0 radical (unpaired) electrons. The summed E-state index contributed by atoms with van der Waals surface area (Å²) in [5.74, 6) is -2.97. The molecule has 1 aromatic rings. The Hall–Kier alpha value is -2.59. The molecule has 2 rings (SSSR count). The first kappa shape index (κ1) is 31.4. The van der Waals surface area contributed by atoms with Crippen LogP contribution in [0.3, 0.4) is 0 Å². The molecule has 0 bridgehead atoms. The number of amides is 2. The predicted octanol–water partition coefficient (Wildman–Crippen LogP) is -1.02. The molecule has 1 aliphatic rings. The van der Waals surface area contributed by atoms with Crippen molar-refractivity contribution in [1.29, 1.82) is 0 Å². The first-order valence-corrected chi connectivity index (χ1v) is 13.6. The number of hydrogen-bond donors (Lipinski definition) is 6. The maximum atomic E-state index is 12.3. The average molecular weight is 552 g/mol. The van der Waals surface area contributed by atoms with Crippen molar-refractivity contribution < 1.29 is 46.0 Å². The highest BCUT2D eigenvalue weighted by molar-refractivity contribution is 7.95. The van der Waals surface area contributed by atoms with Gasteiger partial charge in [-0.25, -0.2) is 8.42 Å². The van der Waals surface area contributed by atoms with Gasteiger partial charge < -0.3 is 26.6 Å². The van der Waals surface area contributed by atoms with Crippen molar-refractivity contribution in [3.8, 4) is 0 Å². The summed E-state index contributed by atoms with van der Waals surface area (Å²) < 4.78 is 51.7. The molecule has 7 N–H and O–H groups in total. The van der Waals surface area contributed by atoms with Gasteiger partial charge in [0.2, 0.25) is 11.8 Å². The summed E-state index contributed by atoms with van der Waals surface area (Å²) in [6.07, 6.45) is -0.632. The molecule has 1 aromatic carbocycles. The fourth-order valence-corrected chi connectivity index (χ4v) is 6.80. The van der Waals surface area contributed by atoms with Gasteiger partial charge in [-0.1, -0.05) is 17.7 Å². The van der Waals surface area contributed by atoms with E-state index in [4.69, 9.17) is 15.4 Å². The number of aliphatic hydroxyl groups is 1. The molecule has 1 saturated heterocycles. The first-order chi connectivity index (χ1) is 16.2. The summed E-state index contributed by atoms with van der Waals surface area (Å²) >= 11 is 0. The molecule has 2 amide bonds. The lowest BCUT2D eigenvalue weighted by Crippen LogP contribution is -2.78. The molecule has 2 atom stereocenters. The largest absolute Gasteiger partial charge is 0.481 e. The second-order valence-electron chi connectivity index (χ2n) is 9.39. The maximum Gasteiger partial charge on any atom is 0.305 e. The number of carboxylic acid groups (broad SMARTS) is 1. The minimum Gasteiger partial charge on any atom is -0.481 e. The second-order valence-corrected chi connectivity index (χ2v) is 13.9. The Kier molecular flexibility index (Phi) is 9.79. The first-order valence-electron chi connectivity index (χ1n) is 10.7. The minimum atomic E-state index is -4.02. The third kappa shape index (κ3) is 6.79. The van der Waals surface area contributed by atoms with E-state index in [1.54, 1.807) is 12.1 Å². The monoisotopic (exact) mass is 551 g/mol. The molecule has 1 heterocycles. The smallest absolute Gasteiger partial charge is 0.305 e. The molecule has 0 saturated carbocycles. The van der Waals surface area contributed by atoms with Gasteiger partial charge in [-0.05, 0) is 46.8 Å². The highest BCUT2D eigenvalue weighted by Gasteiger charge is 2.67. The van der Waals surface area contributed by atoms with Crippen LogP contribution in [0, 0.1) is 6.92 Å². The van der Waals surface area contributed by atoms with Crippen molar-refractivity contribution in [2.75, 3.05) is 6.61 Å². The summed E-state index contributed by atoms with van der Waals surface area (Å²) in [6.45, 7) is 7.01. The molecule has 0 unspecified atom stereocenters. The van der Waals surface area contributed by atoms with E-state index in [2.05, 4.69) is 10.6 Å². The quantitative estimate of drug-likeness (QED) is 0.214. The van der Waals surface area contributed by atoms with Crippen LogP contribution in [0.1, 0.15) is 39.7 Å². The van der Waals surface area contributed by atoms with Crippen molar-refractivity contribution in [2.24, 2.45) is 5.73 Å². The van der Waals surface area contributed by atoms with E-state index in [9.17, 15) is 36.3 Å². The molecule has 36 heavy (non-hydrogen) atoms. The number of carboxylic acids is 1. The summed E-state index contributed by atoms with van der Waals surface area (Å²) in [6, 6.07) is 2.51. The van der Waals surface area contributed by atoms with Crippen molar-refractivity contribution >= 4 is 37.7 Å². The lowest BCUT2D eigenvalue weighted by atomic mass is 9.89. The number of aliphatic hydroxyl groups excluding tert-OH is 1. The van der Waals surface area contributed by atoms with Crippen LogP contribution in [0.2, 0.25) is 0 Å². The number of benzene rings is 1. The number of hydrogen-bond acceptors (Lipinski definition) is 9. The normalized spacial score (nSPS) is 19.4. The number of sulfone groups is 1. The molecule has 1 fully saturated rings. The van der Waals surface area contributed by atoms with Crippen molar-refractivity contribution in [3.05, 3.63) is 29.8 Å². The van der Waals surface area contributed by atoms with E-state index in [1.165, 1.54) is 39.8 Å². The van der Waals surface area contributed by atoms with Crippen molar-refractivity contribution in [3.63, 3.8) is 0 Å². The predicted molar refractivity (Wildman–Crippen MR) is 129 cm³/mol. The zero-order chi connectivity index (χ0) is 28.3. The number of nitrogens with two attached hydrogens (primary N) is 1. The number of carbonyl (C=O) groups is 3. The molecular formula is C21H33N3O10S2. The van der Waals surface area contributed by atoms with E-state index in [1.807, 2.05) is 6.92 Å². The molecule has 15 heteroatoms. The topological polar surface area (TPSA) is 230 Å². The average Bonchev–Trinajstić information content (AvgIpc) is 2.74. The molecule has 0 spiro atoms. The molecule has 13 nitrogen and oxygen atoms in total. The van der Waals surface area contributed by atoms with Crippen LogP contribution >= 0.6 is 0 Å². The summed E-state index contributed by atoms with van der Waals surface area (Å²) in [5.41, 5.74) is 6.35. The summed E-state index contributed by atoms with van der Waals surface area (Å²) in [5, 5.41) is 22.6. The highest BCUT2D eigenvalue weighted by atomic mass is 32.2. The van der Waals surface area contributed by atoms with Crippen LogP contribution in [-0.2, 0) is 34.3 Å². The van der Waals surface area contributed by atoms with Crippen LogP contribution in [0.4, 0.5) is 0 Å². The highest BCUT2D eigenvalue weighted by Crippen LogP contribution is 2.48. The number of aryl methyl sites for hydroxylation is 1. The van der Waals surface area contributed by atoms with E-state index >= 15 is 0 Å². The number of nitrogens with one attached hydrogen (secondary N) is 2. The summed E-state index contributed by atoms with van der Waals surface area (Å²) in [7, 11) is -7.48. The zero-order valence-electron chi connectivity index (χ0n) is 20.5. The van der Waals surface area contributed by atoms with Crippen LogP contribution in [0.5, 0.6) is 0 Å². The van der Waals surface area contributed by atoms with Gasteiger partial charge in [0.1, 0.15) is 6.04 Å². The Labute approximate surface area is 210 Å². The Morgan fingerprint density at radius 2 is 1.53 bits per heavy atom. The molecule has 204 valence electrons. The van der Waals surface area contributed by atoms with E-state index in [0.29, 0.717) is 0 Å². The molecular weight excluding hydrogens is 518 g/mol. The van der Waals surface area contributed by atoms with Gasteiger partial charge in [0.25, 0.3) is 10.1 Å². The third-order valence-corrected chi connectivity index (χ3v) is 10.0. The van der Waals surface area contributed by atoms with Crippen LogP contribution < -0.4 is 16.4 Å². The van der Waals surface area contributed by atoms with Gasteiger partial charge >= 0.3 is 5.97 Å². The summed E-state index contributed by atoms with van der Waals surface area (Å²) in [4.78, 5) is 34.6. The van der Waals surface area contributed by atoms with Gasteiger partial charge in [0, 0.05) is 0 Å². The Bertz CT molecular complexity index is 1170. The second kappa shape index (κ2) is 11.2.